The van der Waals surface area contributed by atoms with E-state index in [2.05, 4.69) is 22.6 Å². The van der Waals surface area contributed by atoms with Crippen LogP contribution in [0.25, 0.3) is 0 Å². The summed E-state index contributed by atoms with van der Waals surface area (Å²) in [6.07, 6.45) is -1.85. The first kappa shape index (κ1) is 20.5. The molecule has 0 unspecified atom stereocenters. The lowest BCUT2D eigenvalue weighted by Crippen LogP contribution is -2.33. The summed E-state index contributed by atoms with van der Waals surface area (Å²) in [6, 6.07) is 8.77. The minimum absolute atomic E-state index is 0.0153. The maximum Gasteiger partial charge on any atom is 0.416 e. The van der Waals surface area contributed by atoms with Gasteiger partial charge in [-0.25, -0.2) is 0 Å². The van der Waals surface area contributed by atoms with Gasteiger partial charge in [0.2, 0.25) is 5.91 Å². The highest BCUT2D eigenvalue weighted by Crippen LogP contribution is 2.44. The van der Waals surface area contributed by atoms with Crippen LogP contribution in [0.2, 0.25) is 0 Å². The van der Waals surface area contributed by atoms with Gasteiger partial charge >= 0.3 is 6.18 Å². The fraction of sp³-hybridized carbons (Fsp3) is 0.409. The number of rotatable bonds is 4. The van der Waals surface area contributed by atoms with E-state index in [1.165, 1.54) is 6.07 Å². The summed E-state index contributed by atoms with van der Waals surface area (Å²) in [5.41, 5.74) is 1.21. The van der Waals surface area contributed by atoms with Gasteiger partial charge in [0.05, 0.1) is 16.9 Å². The standard InChI is InChI=1S/C22H24F3N3O2/c1-28-8-6-14(7-9-28)11-21(29)26-13-15-2-4-17-19(10-15)30-20-12-16(22(23,24)25)3-5-18(20)27-17/h2-5,10,12,14,27H,6-9,11,13H2,1H3,(H,26,29). The average Bonchev–Trinajstić information content (AvgIpc) is 2.71. The largest absolute Gasteiger partial charge is 0.453 e. The van der Waals surface area contributed by atoms with Crippen LogP contribution >= 0.6 is 0 Å². The molecule has 2 aliphatic rings. The highest BCUT2D eigenvalue weighted by Gasteiger charge is 2.32. The maximum atomic E-state index is 13.0. The molecular formula is C22H24F3N3O2. The predicted molar refractivity (Wildman–Crippen MR) is 108 cm³/mol. The van der Waals surface area contributed by atoms with Crippen LogP contribution in [0.15, 0.2) is 36.4 Å². The van der Waals surface area contributed by atoms with E-state index in [4.69, 9.17) is 4.74 Å². The molecule has 0 bridgehead atoms. The van der Waals surface area contributed by atoms with Gasteiger partial charge < -0.3 is 20.3 Å². The molecule has 160 valence electrons. The summed E-state index contributed by atoms with van der Waals surface area (Å²) < 4.78 is 44.6. The van der Waals surface area contributed by atoms with E-state index in [1.54, 1.807) is 12.1 Å². The maximum absolute atomic E-state index is 13.0. The second-order valence-corrected chi connectivity index (χ2v) is 7.99. The lowest BCUT2D eigenvalue weighted by molar-refractivity contribution is -0.137. The van der Waals surface area contributed by atoms with Crippen molar-refractivity contribution in [3.63, 3.8) is 0 Å². The van der Waals surface area contributed by atoms with Crippen molar-refractivity contribution in [2.75, 3.05) is 25.5 Å². The smallest absolute Gasteiger partial charge is 0.416 e. The first-order valence-electron chi connectivity index (χ1n) is 10.0. The molecule has 2 aromatic carbocycles. The van der Waals surface area contributed by atoms with Crippen LogP contribution in [-0.2, 0) is 17.5 Å². The number of carbonyl (C=O) groups excluding carboxylic acids is 1. The summed E-state index contributed by atoms with van der Waals surface area (Å²) >= 11 is 0. The van der Waals surface area contributed by atoms with E-state index in [9.17, 15) is 18.0 Å². The molecule has 30 heavy (non-hydrogen) atoms. The van der Waals surface area contributed by atoms with Gasteiger partial charge in [0.15, 0.2) is 11.5 Å². The number of benzene rings is 2. The topological polar surface area (TPSA) is 53.6 Å². The fourth-order valence-corrected chi connectivity index (χ4v) is 3.82. The van der Waals surface area contributed by atoms with Crippen molar-refractivity contribution in [1.29, 1.82) is 0 Å². The Morgan fingerprint density at radius 3 is 2.50 bits per heavy atom. The van der Waals surface area contributed by atoms with Crippen molar-refractivity contribution in [2.24, 2.45) is 5.92 Å². The molecule has 1 fully saturated rings. The molecule has 2 heterocycles. The number of likely N-dealkylation sites (tertiary alicyclic amines) is 1. The van der Waals surface area contributed by atoms with E-state index in [-0.39, 0.29) is 11.7 Å². The van der Waals surface area contributed by atoms with Crippen LogP contribution < -0.4 is 15.4 Å². The lowest BCUT2D eigenvalue weighted by Gasteiger charge is -2.28. The van der Waals surface area contributed by atoms with Gasteiger partial charge in [-0.1, -0.05) is 6.07 Å². The third-order valence-electron chi connectivity index (χ3n) is 5.65. The number of hydrogen-bond donors (Lipinski definition) is 2. The molecule has 2 aromatic rings. The number of nitrogens with zero attached hydrogens (tertiary/aromatic N) is 1. The Morgan fingerprint density at radius 1 is 1.13 bits per heavy atom. The highest BCUT2D eigenvalue weighted by atomic mass is 19.4. The average molecular weight is 419 g/mol. The SMILES string of the molecule is CN1CCC(CC(=O)NCc2ccc3c(c2)Oc2cc(C(F)(F)F)ccc2N3)CC1. The number of hydrogen-bond acceptors (Lipinski definition) is 4. The molecule has 0 aliphatic carbocycles. The number of ether oxygens (including phenoxy) is 1. The first-order chi connectivity index (χ1) is 14.3. The monoisotopic (exact) mass is 419 g/mol. The van der Waals surface area contributed by atoms with Crippen LogP contribution in [-0.4, -0.2) is 30.9 Å². The molecule has 2 aliphatic heterocycles. The molecule has 0 radical (unpaired) electrons. The minimum Gasteiger partial charge on any atom is -0.453 e. The first-order valence-corrected chi connectivity index (χ1v) is 10.0. The highest BCUT2D eigenvalue weighted by molar-refractivity contribution is 5.77. The molecule has 8 heteroatoms. The molecule has 0 atom stereocenters. The molecule has 0 saturated carbocycles. The molecule has 2 N–H and O–H groups in total. The van der Waals surface area contributed by atoms with Gasteiger partial charge in [-0.15, -0.1) is 0 Å². The molecule has 5 nitrogen and oxygen atoms in total. The van der Waals surface area contributed by atoms with Crippen LogP contribution in [0.1, 0.15) is 30.4 Å². The van der Waals surface area contributed by atoms with Crippen LogP contribution in [0.3, 0.4) is 0 Å². The van der Waals surface area contributed by atoms with E-state index in [0.29, 0.717) is 36.0 Å². The zero-order valence-electron chi connectivity index (χ0n) is 16.7. The zero-order chi connectivity index (χ0) is 21.3. The van der Waals surface area contributed by atoms with Gasteiger partial charge in [0.25, 0.3) is 0 Å². The Hall–Kier alpha value is -2.74. The number of nitrogens with one attached hydrogen (secondary N) is 2. The number of piperidine rings is 1. The van der Waals surface area contributed by atoms with Crippen LogP contribution in [0.4, 0.5) is 24.5 Å². The van der Waals surface area contributed by atoms with E-state index in [1.807, 2.05) is 6.07 Å². The summed E-state index contributed by atoms with van der Waals surface area (Å²) in [5.74, 6) is 0.989. The van der Waals surface area contributed by atoms with Gasteiger partial charge in [0.1, 0.15) is 0 Å². The van der Waals surface area contributed by atoms with E-state index < -0.39 is 11.7 Å². The van der Waals surface area contributed by atoms with Gasteiger partial charge in [-0.2, -0.15) is 13.2 Å². The number of carbonyl (C=O) groups is 1. The number of amides is 1. The minimum atomic E-state index is -4.43. The number of anilines is 2. The van der Waals surface area contributed by atoms with Gasteiger partial charge in [-0.3, -0.25) is 4.79 Å². The molecular weight excluding hydrogens is 395 g/mol. The van der Waals surface area contributed by atoms with Crippen molar-refractivity contribution in [1.82, 2.24) is 10.2 Å². The molecule has 1 amide bonds. The number of alkyl halides is 3. The summed E-state index contributed by atoms with van der Waals surface area (Å²) in [5, 5.41) is 6.02. The Labute approximate surface area is 173 Å². The van der Waals surface area contributed by atoms with Crippen molar-refractivity contribution in [3.8, 4) is 11.5 Å². The van der Waals surface area contributed by atoms with Crippen molar-refractivity contribution >= 4 is 17.3 Å². The van der Waals surface area contributed by atoms with Gasteiger partial charge in [0, 0.05) is 13.0 Å². The van der Waals surface area contributed by atoms with Crippen molar-refractivity contribution in [2.45, 2.75) is 32.0 Å². The molecule has 4 rings (SSSR count). The third kappa shape index (κ3) is 4.70. The molecule has 0 spiro atoms. The van der Waals surface area contributed by atoms with Gasteiger partial charge in [-0.05, 0) is 74.8 Å². The fourth-order valence-electron chi connectivity index (χ4n) is 3.82. The summed E-state index contributed by atoms with van der Waals surface area (Å²) in [7, 11) is 2.09. The van der Waals surface area contributed by atoms with E-state index >= 15 is 0 Å². The van der Waals surface area contributed by atoms with Crippen molar-refractivity contribution in [3.05, 3.63) is 47.5 Å². The summed E-state index contributed by atoms with van der Waals surface area (Å²) in [6.45, 7) is 2.38. The normalized spacial score (nSPS) is 16.8. The molecule has 1 saturated heterocycles. The predicted octanol–water partition coefficient (Wildman–Crippen LogP) is 4.90. The summed E-state index contributed by atoms with van der Waals surface area (Å²) in [4.78, 5) is 14.5. The number of halogens is 3. The number of fused-ring (bicyclic) bond motifs is 2. The van der Waals surface area contributed by atoms with Crippen molar-refractivity contribution < 1.29 is 22.7 Å². The quantitative estimate of drug-likeness (QED) is 0.632. The van der Waals surface area contributed by atoms with Crippen LogP contribution in [0, 0.1) is 5.92 Å². The zero-order valence-corrected chi connectivity index (χ0v) is 16.7. The lowest BCUT2D eigenvalue weighted by atomic mass is 9.93. The third-order valence-corrected chi connectivity index (χ3v) is 5.65. The second kappa shape index (κ2) is 8.18. The molecule has 0 aromatic heterocycles. The van der Waals surface area contributed by atoms with Crippen LogP contribution in [0.5, 0.6) is 11.5 Å². The Kier molecular flexibility index (Phi) is 5.60. The Morgan fingerprint density at radius 2 is 1.80 bits per heavy atom. The van der Waals surface area contributed by atoms with E-state index in [0.717, 1.165) is 43.6 Å². The Balaban J connectivity index is 1.38. The Bertz CT molecular complexity index is 938. The second-order valence-electron chi connectivity index (χ2n) is 7.99.